The van der Waals surface area contributed by atoms with Crippen LogP contribution in [0.15, 0.2) is 34.9 Å². The topological polar surface area (TPSA) is 66.2 Å². The molecular formula is C19H25N5O. The van der Waals surface area contributed by atoms with Crippen LogP contribution in [0.2, 0.25) is 0 Å². The lowest BCUT2D eigenvalue weighted by molar-refractivity contribution is 0.390. The second-order valence-corrected chi connectivity index (χ2v) is 7.66. The van der Waals surface area contributed by atoms with Crippen LogP contribution in [0, 0.1) is 0 Å². The zero-order valence-electron chi connectivity index (χ0n) is 14.4. The maximum Gasteiger partial charge on any atom is 0.324 e. The van der Waals surface area contributed by atoms with Crippen LogP contribution >= 0.6 is 0 Å². The molecule has 1 aromatic carbocycles. The number of aromatic nitrogens is 2. The number of hydrogen-bond donors (Lipinski definition) is 2. The number of piperazine rings is 1. The van der Waals surface area contributed by atoms with Crippen molar-refractivity contribution in [1.29, 1.82) is 0 Å². The second-order valence-electron chi connectivity index (χ2n) is 7.66. The van der Waals surface area contributed by atoms with E-state index < -0.39 is 0 Å². The molecular weight excluding hydrogens is 314 g/mol. The first kappa shape index (κ1) is 15.3. The van der Waals surface area contributed by atoms with Crippen LogP contribution in [-0.4, -0.2) is 48.9 Å². The van der Waals surface area contributed by atoms with Gasteiger partial charge in [-0.3, -0.25) is 0 Å². The molecule has 5 rings (SSSR count). The molecule has 0 amide bonds. The fraction of sp³-hybridized carbons (Fsp3) is 0.579. The Bertz CT molecular complexity index is 720. The number of nitrogens with zero attached hydrogens (tertiary/aromatic N) is 3. The molecule has 1 aliphatic heterocycles. The SMILES string of the molecule is c1ccc([C@@H]2C[C@H]2NCC2(c3noc(N4CCNCC4)n3)CC2)cc1. The van der Waals surface area contributed by atoms with Gasteiger partial charge in [-0.25, -0.2) is 0 Å². The molecule has 2 heterocycles. The Morgan fingerprint density at radius 1 is 1.20 bits per heavy atom. The van der Waals surface area contributed by atoms with E-state index in [1.54, 1.807) is 0 Å². The van der Waals surface area contributed by atoms with Crippen molar-refractivity contribution in [2.24, 2.45) is 0 Å². The summed E-state index contributed by atoms with van der Waals surface area (Å²) < 4.78 is 5.55. The van der Waals surface area contributed by atoms with Crippen LogP contribution in [0.5, 0.6) is 0 Å². The highest BCUT2D eigenvalue weighted by atomic mass is 16.5. The Balaban J connectivity index is 1.20. The van der Waals surface area contributed by atoms with E-state index >= 15 is 0 Å². The number of benzene rings is 1. The first-order chi connectivity index (χ1) is 12.3. The van der Waals surface area contributed by atoms with Crippen molar-refractivity contribution in [3.05, 3.63) is 41.7 Å². The minimum absolute atomic E-state index is 0.0968. The highest BCUT2D eigenvalue weighted by Crippen LogP contribution is 2.48. The van der Waals surface area contributed by atoms with Crippen molar-refractivity contribution in [3.63, 3.8) is 0 Å². The van der Waals surface area contributed by atoms with E-state index in [2.05, 4.69) is 51.0 Å². The molecule has 0 radical (unpaired) electrons. The lowest BCUT2D eigenvalue weighted by Gasteiger charge is -2.24. The molecule has 2 atom stereocenters. The molecule has 6 heteroatoms. The Hall–Kier alpha value is -1.92. The highest BCUT2D eigenvalue weighted by Gasteiger charge is 2.50. The minimum Gasteiger partial charge on any atom is -0.322 e. The van der Waals surface area contributed by atoms with Gasteiger partial charge in [-0.05, 0) is 24.8 Å². The van der Waals surface area contributed by atoms with Crippen molar-refractivity contribution in [1.82, 2.24) is 20.8 Å². The summed E-state index contributed by atoms with van der Waals surface area (Å²) in [6.45, 7) is 4.79. The predicted octanol–water partition coefficient (Wildman–Crippen LogP) is 1.66. The van der Waals surface area contributed by atoms with E-state index in [9.17, 15) is 0 Å². The summed E-state index contributed by atoms with van der Waals surface area (Å²) >= 11 is 0. The summed E-state index contributed by atoms with van der Waals surface area (Å²) in [6, 6.07) is 12.1. The molecule has 2 N–H and O–H groups in total. The van der Waals surface area contributed by atoms with Gasteiger partial charge in [0.1, 0.15) is 0 Å². The van der Waals surface area contributed by atoms with Crippen molar-refractivity contribution >= 4 is 6.01 Å². The van der Waals surface area contributed by atoms with E-state index in [1.807, 2.05) is 0 Å². The number of nitrogens with one attached hydrogen (secondary N) is 2. The van der Waals surface area contributed by atoms with Crippen molar-refractivity contribution in [2.75, 3.05) is 37.6 Å². The third-order valence-electron chi connectivity index (χ3n) is 5.85. The third kappa shape index (κ3) is 3.04. The Morgan fingerprint density at radius 2 is 2.00 bits per heavy atom. The van der Waals surface area contributed by atoms with Crippen molar-refractivity contribution in [3.8, 4) is 0 Å². The Kier molecular flexibility index (Phi) is 3.75. The quantitative estimate of drug-likeness (QED) is 0.834. The van der Waals surface area contributed by atoms with E-state index in [1.165, 1.54) is 12.0 Å². The van der Waals surface area contributed by atoms with Crippen molar-refractivity contribution < 1.29 is 4.52 Å². The fourth-order valence-corrected chi connectivity index (χ4v) is 3.86. The normalized spacial score (nSPS) is 27.3. The molecule has 2 aromatic rings. The molecule has 132 valence electrons. The molecule has 1 saturated heterocycles. The minimum atomic E-state index is 0.0968. The number of anilines is 1. The van der Waals surface area contributed by atoms with Gasteiger partial charge < -0.3 is 20.1 Å². The Morgan fingerprint density at radius 3 is 2.76 bits per heavy atom. The van der Waals surface area contributed by atoms with Gasteiger partial charge in [-0.2, -0.15) is 4.98 Å². The Labute approximate surface area is 148 Å². The van der Waals surface area contributed by atoms with Crippen LogP contribution in [-0.2, 0) is 5.41 Å². The van der Waals surface area contributed by atoms with Gasteiger partial charge in [-0.15, -0.1) is 0 Å². The molecule has 3 fully saturated rings. The summed E-state index contributed by atoms with van der Waals surface area (Å²) in [4.78, 5) is 6.91. The second kappa shape index (κ2) is 6.11. The van der Waals surface area contributed by atoms with E-state index in [4.69, 9.17) is 9.51 Å². The van der Waals surface area contributed by atoms with Gasteiger partial charge in [0.25, 0.3) is 0 Å². The molecule has 6 nitrogen and oxygen atoms in total. The predicted molar refractivity (Wildman–Crippen MR) is 95.9 cm³/mol. The zero-order valence-corrected chi connectivity index (χ0v) is 14.4. The molecule has 0 unspecified atom stereocenters. The lowest BCUT2D eigenvalue weighted by Crippen LogP contribution is -2.43. The molecule has 3 aliphatic rings. The summed E-state index contributed by atoms with van der Waals surface area (Å²) in [6.07, 6.45) is 3.55. The van der Waals surface area contributed by atoms with Gasteiger partial charge in [-0.1, -0.05) is 35.5 Å². The first-order valence-corrected chi connectivity index (χ1v) is 9.42. The van der Waals surface area contributed by atoms with E-state index in [0.29, 0.717) is 18.0 Å². The molecule has 1 aromatic heterocycles. The zero-order chi connectivity index (χ0) is 16.7. The summed E-state index contributed by atoms with van der Waals surface area (Å²) in [5.41, 5.74) is 1.55. The third-order valence-corrected chi connectivity index (χ3v) is 5.85. The summed E-state index contributed by atoms with van der Waals surface area (Å²) in [5, 5.41) is 11.4. The molecule has 2 saturated carbocycles. The standard InChI is InChI=1S/C19H25N5O/c1-2-4-14(5-3-1)15-12-16(15)21-13-19(6-7-19)17-22-18(25-23-17)24-10-8-20-9-11-24/h1-5,15-16,20-21H,6-13H2/t15-,16+/m0/s1. The summed E-state index contributed by atoms with van der Waals surface area (Å²) in [7, 11) is 0. The van der Waals surface area contributed by atoms with Crippen LogP contribution in [0.1, 0.15) is 36.6 Å². The fourth-order valence-electron chi connectivity index (χ4n) is 3.86. The van der Waals surface area contributed by atoms with Gasteiger partial charge in [0.2, 0.25) is 0 Å². The van der Waals surface area contributed by atoms with Crippen LogP contribution in [0.25, 0.3) is 0 Å². The largest absolute Gasteiger partial charge is 0.324 e. The smallest absolute Gasteiger partial charge is 0.322 e. The lowest BCUT2D eigenvalue weighted by atomic mass is 10.1. The van der Waals surface area contributed by atoms with Gasteiger partial charge in [0.15, 0.2) is 5.82 Å². The van der Waals surface area contributed by atoms with E-state index in [-0.39, 0.29) is 5.41 Å². The first-order valence-electron chi connectivity index (χ1n) is 9.42. The maximum atomic E-state index is 5.55. The number of rotatable bonds is 6. The highest BCUT2D eigenvalue weighted by molar-refractivity contribution is 5.31. The maximum absolute atomic E-state index is 5.55. The summed E-state index contributed by atoms with van der Waals surface area (Å²) in [5.74, 6) is 1.56. The molecule has 0 bridgehead atoms. The molecule has 25 heavy (non-hydrogen) atoms. The van der Waals surface area contributed by atoms with Crippen LogP contribution in [0.3, 0.4) is 0 Å². The molecule has 2 aliphatic carbocycles. The average molecular weight is 339 g/mol. The van der Waals surface area contributed by atoms with Gasteiger partial charge >= 0.3 is 6.01 Å². The van der Waals surface area contributed by atoms with Gasteiger partial charge in [0.05, 0.1) is 0 Å². The number of hydrogen-bond acceptors (Lipinski definition) is 6. The van der Waals surface area contributed by atoms with Gasteiger partial charge in [0, 0.05) is 50.1 Å². The monoisotopic (exact) mass is 339 g/mol. The van der Waals surface area contributed by atoms with Crippen LogP contribution < -0.4 is 15.5 Å². The van der Waals surface area contributed by atoms with Crippen LogP contribution in [0.4, 0.5) is 6.01 Å². The van der Waals surface area contributed by atoms with E-state index in [0.717, 1.165) is 51.4 Å². The van der Waals surface area contributed by atoms with Crippen molar-refractivity contribution in [2.45, 2.75) is 36.6 Å². The molecule has 0 spiro atoms. The average Bonchev–Trinajstić information content (AvgIpc) is 3.58.